The van der Waals surface area contributed by atoms with Crippen LogP contribution in [-0.4, -0.2) is 38.1 Å². The first kappa shape index (κ1) is 12.7. The van der Waals surface area contributed by atoms with E-state index in [4.69, 9.17) is 5.73 Å². The van der Waals surface area contributed by atoms with Gasteiger partial charge in [0, 0.05) is 24.8 Å². The Hall–Kier alpha value is -1.73. The number of hydrogen-bond acceptors (Lipinski definition) is 4. The summed E-state index contributed by atoms with van der Waals surface area (Å²) in [5.41, 5.74) is 8.07. The molecule has 0 saturated carbocycles. The van der Waals surface area contributed by atoms with E-state index in [1.807, 2.05) is 12.1 Å². The van der Waals surface area contributed by atoms with E-state index in [-0.39, 0.29) is 0 Å². The minimum atomic E-state index is 0.558. The van der Waals surface area contributed by atoms with Crippen LogP contribution in [0.25, 0.3) is 0 Å². The molecule has 96 valence electrons. The zero-order chi connectivity index (χ0) is 13.1. The zero-order valence-electron chi connectivity index (χ0n) is 11.1. The maximum Gasteiger partial charge on any atom is 0.101 e. The van der Waals surface area contributed by atoms with Crippen molar-refractivity contribution in [3.8, 4) is 6.07 Å². The lowest BCUT2D eigenvalue weighted by atomic mass is 10.0. The number of rotatable bonds is 2. The summed E-state index contributed by atoms with van der Waals surface area (Å²) in [6, 6.07) is 8.39. The minimum Gasteiger partial charge on any atom is -0.399 e. The SMILES string of the molecule is CN(C)C1CCCN(c2ccc(N)cc2C#N)C1. The van der Waals surface area contributed by atoms with Crippen LogP contribution in [0.4, 0.5) is 11.4 Å². The smallest absolute Gasteiger partial charge is 0.101 e. The molecule has 1 aromatic rings. The number of nitrogens with zero attached hydrogens (tertiary/aromatic N) is 3. The quantitative estimate of drug-likeness (QED) is 0.804. The molecule has 1 saturated heterocycles. The normalized spacial score (nSPS) is 19.9. The van der Waals surface area contributed by atoms with Gasteiger partial charge in [-0.15, -0.1) is 0 Å². The molecule has 1 aromatic carbocycles. The minimum absolute atomic E-state index is 0.558. The van der Waals surface area contributed by atoms with E-state index in [2.05, 4.69) is 30.0 Å². The van der Waals surface area contributed by atoms with Crippen LogP contribution in [0.3, 0.4) is 0 Å². The number of nitrogen functional groups attached to an aromatic ring is 1. The molecule has 0 bridgehead atoms. The fourth-order valence-corrected chi connectivity index (χ4v) is 2.51. The van der Waals surface area contributed by atoms with Crippen molar-refractivity contribution in [2.24, 2.45) is 0 Å². The highest BCUT2D eigenvalue weighted by molar-refractivity contribution is 5.64. The molecule has 0 aliphatic carbocycles. The van der Waals surface area contributed by atoms with Gasteiger partial charge in [0.25, 0.3) is 0 Å². The van der Waals surface area contributed by atoms with Crippen molar-refractivity contribution in [3.05, 3.63) is 23.8 Å². The lowest BCUT2D eigenvalue weighted by Gasteiger charge is -2.37. The molecule has 0 aromatic heterocycles. The van der Waals surface area contributed by atoms with Gasteiger partial charge >= 0.3 is 0 Å². The van der Waals surface area contributed by atoms with Gasteiger partial charge in [-0.2, -0.15) is 5.26 Å². The molecule has 0 amide bonds. The topological polar surface area (TPSA) is 56.3 Å². The Morgan fingerprint density at radius 2 is 2.22 bits per heavy atom. The highest BCUT2D eigenvalue weighted by Gasteiger charge is 2.23. The molecule has 2 N–H and O–H groups in total. The summed E-state index contributed by atoms with van der Waals surface area (Å²) >= 11 is 0. The van der Waals surface area contributed by atoms with Crippen LogP contribution < -0.4 is 10.6 Å². The summed E-state index contributed by atoms with van der Waals surface area (Å²) < 4.78 is 0. The monoisotopic (exact) mass is 244 g/mol. The highest BCUT2D eigenvalue weighted by atomic mass is 15.2. The molecule has 1 atom stereocenters. The summed E-state index contributed by atoms with van der Waals surface area (Å²) in [7, 11) is 4.23. The van der Waals surface area contributed by atoms with Crippen LogP contribution in [0.15, 0.2) is 18.2 Å². The van der Waals surface area contributed by atoms with E-state index in [9.17, 15) is 5.26 Å². The number of nitrogens with two attached hydrogens (primary N) is 1. The maximum absolute atomic E-state index is 9.21. The largest absolute Gasteiger partial charge is 0.399 e. The Balaban J connectivity index is 2.23. The summed E-state index contributed by atoms with van der Waals surface area (Å²) in [6.07, 6.45) is 2.39. The predicted octanol–water partition coefficient (Wildman–Crippen LogP) is 1.67. The number of benzene rings is 1. The van der Waals surface area contributed by atoms with Crippen molar-refractivity contribution >= 4 is 11.4 Å². The third kappa shape index (κ3) is 2.57. The molecule has 1 fully saturated rings. The average molecular weight is 244 g/mol. The molecule has 1 unspecified atom stereocenters. The second kappa shape index (κ2) is 5.28. The van der Waals surface area contributed by atoms with Gasteiger partial charge < -0.3 is 15.5 Å². The number of hydrogen-bond donors (Lipinski definition) is 1. The molecular weight excluding hydrogens is 224 g/mol. The molecule has 1 aliphatic rings. The first-order valence-corrected chi connectivity index (χ1v) is 6.33. The van der Waals surface area contributed by atoms with Gasteiger partial charge in [0.15, 0.2) is 0 Å². The molecule has 2 rings (SSSR count). The number of piperidine rings is 1. The number of nitriles is 1. The van der Waals surface area contributed by atoms with Gasteiger partial charge in [0.1, 0.15) is 6.07 Å². The first-order valence-electron chi connectivity index (χ1n) is 6.33. The highest BCUT2D eigenvalue weighted by Crippen LogP contribution is 2.26. The maximum atomic E-state index is 9.21. The van der Waals surface area contributed by atoms with Crippen LogP contribution in [0.1, 0.15) is 18.4 Å². The molecule has 0 radical (unpaired) electrons. The molecule has 1 heterocycles. The van der Waals surface area contributed by atoms with Crippen LogP contribution >= 0.6 is 0 Å². The number of anilines is 2. The predicted molar refractivity (Wildman–Crippen MR) is 74.5 cm³/mol. The van der Waals surface area contributed by atoms with E-state index in [0.717, 1.165) is 25.2 Å². The average Bonchev–Trinajstić information content (AvgIpc) is 2.38. The van der Waals surface area contributed by atoms with Crippen LogP contribution in [0, 0.1) is 11.3 Å². The van der Waals surface area contributed by atoms with Gasteiger partial charge in [0.2, 0.25) is 0 Å². The Morgan fingerprint density at radius 1 is 1.44 bits per heavy atom. The van der Waals surface area contributed by atoms with Crippen molar-refractivity contribution in [2.45, 2.75) is 18.9 Å². The van der Waals surface area contributed by atoms with Crippen molar-refractivity contribution < 1.29 is 0 Å². The second-order valence-electron chi connectivity index (χ2n) is 5.09. The molecular formula is C14H20N4. The van der Waals surface area contributed by atoms with Crippen molar-refractivity contribution in [2.75, 3.05) is 37.8 Å². The van der Waals surface area contributed by atoms with E-state index in [1.54, 1.807) is 6.07 Å². The lowest BCUT2D eigenvalue weighted by molar-refractivity contribution is 0.258. The molecule has 4 nitrogen and oxygen atoms in total. The Kier molecular flexibility index (Phi) is 3.73. The molecule has 18 heavy (non-hydrogen) atoms. The van der Waals surface area contributed by atoms with E-state index in [0.29, 0.717) is 17.3 Å². The first-order chi connectivity index (χ1) is 8.61. The Labute approximate surface area is 109 Å². The van der Waals surface area contributed by atoms with Gasteiger partial charge in [-0.3, -0.25) is 0 Å². The van der Waals surface area contributed by atoms with E-state index >= 15 is 0 Å². The standard InChI is InChI=1S/C14H20N4/c1-17(2)13-4-3-7-18(10-13)14-6-5-12(16)8-11(14)9-15/h5-6,8,13H,3-4,7,10,16H2,1-2H3. The number of likely N-dealkylation sites (N-methyl/N-ethyl adjacent to an activating group) is 1. The Bertz CT molecular complexity index is 461. The van der Waals surface area contributed by atoms with E-state index in [1.165, 1.54) is 6.42 Å². The summed E-state index contributed by atoms with van der Waals surface area (Å²) in [5.74, 6) is 0. The summed E-state index contributed by atoms with van der Waals surface area (Å²) in [5, 5.41) is 9.21. The summed E-state index contributed by atoms with van der Waals surface area (Å²) in [6.45, 7) is 1.99. The molecule has 0 spiro atoms. The zero-order valence-corrected chi connectivity index (χ0v) is 11.1. The van der Waals surface area contributed by atoms with Gasteiger partial charge in [0.05, 0.1) is 11.3 Å². The van der Waals surface area contributed by atoms with Crippen LogP contribution in [0.5, 0.6) is 0 Å². The fourth-order valence-electron chi connectivity index (χ4n) is 2.51. The Morgan fingerprint density at radius 3 is 2.89 bits per heavy atom. The lowest BCUT2D eigenvalue weighted by Crippen LogP contribution is -2.45. The molecule has 4 heteroatoms. The third-order valence-electron chi connectivity index (χ3n) is 3.61. The van der Waals surface area contributed by atoms with Crippen LogP contribution in [0.2, 0.25) is 0 Å². The fraction of sp³-hybridized carbons (Fsp3) is 0.500. The van der Waals surface area contributed by atoms with Crippen molar-refractivity contribution in [1.82, 2.24) is 4.90 Å². The van der Waals surface area contributed by atoms with Crippen LogP contribution in [-0.2, 0) is 0 Å². The van der Waals surface area contributed by atoms with Gasteiger partial charge in [-0.05, 0) is 45.1 Å². The third-order valence-corrected chi connectivity index (χ3v) is 3.61. The summed E-state index contributed by atoms with van der Waals surface area (Å²) in [4.78, 5) is 4.56. The van der Waals surface area contributed by atoms with Crippen molar-refractivity contribution in [1.29, 1.82) is 5.26 Å². The van der Waals surface area contributed by atoms with Gasteiger partial charge in [-0.25, -0.2) is 0 Å². The van der Waals surface area contributed by atoms with Crippen molar-refractivity contribution in [3.63, 3.8) is 0 Å². The van der Waals surface area contributed by atoms with E-state index < -0.39 is 0 Å². The van der Waals surface area contributed by atoms with Gasteiger partial charge in [-0.1, -0.05) is 0 Å². The second-order valence-corrected chi connectivity index (χ2v) is 5.09. The molecule has 1 aliphatic heterocycles.